The number of para-hydroxylation sites is 2. The Morgan fingerprint density at radius 1 is 1.08 bits per heavy atom. The van der Waals surface area contributed by atoms with Crippen LogP contribution in [0.25, 0.3) is 0 Å². The zero-order valence-electron chi connectivity index (χ0n) is 23.4. The Morgan fingerprint density at radius 2 is 1.74 bits per heavy atom. The fraction of sp³-hybridized carbons (Fsp3) is 0.517. The third kappa shape index (κ3) is 8.61. The number of hydrogen-bond acceptors (Lipinski definition) is 6. The molecule has 9 nitrogen and oxygen atoms in total. The molecule has 0 unspecified atom stereocenters. The first-order valence-electron chi connectivity index (χ1n) is 13.6. The molecule has 1 aliphatic rings. The summed E-state index contributed by atoms with van der Waals surface area (Å²) in [6.45, 7) is 4.33. The van der Waals surface area contributed by atoms with E-state index < -0.39 is 16.1 Å². The molecule has 1 atom stereocenters. The molecule has 0 radical (unpaired) electrons. The summed E-state index contributed by atoms with van der Waals surface area (Å²) in [5.41, 5.74) is 1.31. The summed E-state index contributed by atoms with van der Waals surface area (Å²) >= 11 is 0. The van der Waals surface area contributed by atoms with E-state index in [0.29, 0.717) is 23.8 Å². The second kappa shape index (κ2) is 14.2. The Labute approximate surface area is 232 Å². The molecule has 2 amide bonds. The van der Waals surface area contributed by atoms with E-state index in [1.54, 1.807) is 43.2 Å². The van der Waals surface area contributed by atoms with Gasteiger partial charge in [0.1, 0.15) is 17.5 Å². The van der Waals surface area contributed by atoms with Gasteiger partial charge < -0.3 is 19.7 Å². The van der Waals surface area contributed by atoms with Crippen molar-refractivity contribution in [2.75, 3.05) is 30.8 Å². The van der Waals surface area contributed by atoms with E-state index in [0.717, 1.165) is 37.5 Å². The highest BCUT2D eigenvalue weighted by Gasteiger charge is 2.29. The third-order valence-corrected chi connectivity index (χ3v) is 8.15. The smallest absolute Gasteiger partial charge is 0.242 e. The molecular weight excluding hydrogens is 518 g/mol. The molecule has 3 rings (SSSR count). The van der Waals surface area contributed by atoms with Crippen LogP contribution in [0.15, 0.2) is 48.5 Å². The van der Waals surface area contributed by atoms with Gasteiger partial charge in [-0.15, -0.1) is 0 Å². The van der Waals surface area contributed by atoms with Crippen LogP contribution in [0.4, 0.5) is 5.69 Å². The predicted octanol–water partition coefficient (Wildman–Crippen LogP) is 4.12. The first-order chi connectivity index (χ1) is 18.6. The second-order valence-electron chi connectivity index (χ2n) is 9.88. The van der Waals surface area contributed by atoms with E-state index >= 15 is 0 Å². The van der Waals surface area contributed by atoms with Crippen LogP contribution in [0, 0.1) is 0 Å². The Morgan fingerprint density at radius 3 is 2.36 bits per heavy atom. The monoisotopic (exact) mass is 559 g/mol. The quantitative estimate of drug-likeness (QED) is 0.373. The van der Waals surface area contributed by atoms with Gasteiger partial charge in [-0.1, -0.05) is 37.1 Å². The molecule has 0 bridgehead atoms. The molecule has 10 heteroatoms. The maximum atomic E-state index is 13.5. The first-order valence-corrected chi connectivity index (χ1v) is 15.4. The molecular formula is C29H41N3O6S. The van der Waals surface area contributed by atoms with Gasteiger partial charge in [-0.3, -0.25) is 13.9 Å². The maximum Gasteiger partial charge on any atom is 0.242 e. The Hall–Kier alpha value is -3.27. The lowest BCUT2D eigenvalue weighted by Crippen LogP contribution is -2.49. The maximum absolute atomic E-state index is 13.5. The standard InChI is InChI=1S/C29H41N3O6S/c1-5-38-27-14-9-8-13-26(27)32(39(4,35)36)20-10-15-28(33)31(21-23-16-18-25(37-3)19-17-23)22(2)29(34)30-24-11-6-7-12-24/h8-9,13-14,16-19,22,24H,5-7,10-12,15,20-21H2,1-4H3,(H,30,34)/t22-/m1/s1. The normalized spacial score (nSPS) is 14.5. The number of nitrogens with one attached hydrogen (secondary N) is 1. The van der Waals surface area contributed by atoms with E-state index in [4.69, 9.17) is 9.47 Å². The minimum absolute atomic E-state index is 0.0834. The van der Waals surface area contributed by atoms with Crippen molar-refractivity contribution in [3.05, 3.63) is 54.1 Å². The molecule has 1 saturated carbocycles. The van der Waals surface area contributed by atoms with Crippen molar-refractivity contribution in [3.63, 3.8) is 0 Å². The lowest BCUT2D eigenvalue weighted by Gasteiger charge is -2.30. The lowest BCUT2D eigenvalue weighted by molar-refractivity contribution is -0.141. The third-order valence-electron chi connectivity index (χ3n) is 6.97. The topological polar surface area (TPSA) is 105 Å². The van der Waals surface area contributed by atoms with Crippen molar-refractivity contribution in [1.29, 1.82) is 0 Å². The number of amides is 2. The molecule has 39 heavy (non-hydrogen) atoms. The molecule has 1 N–H and O–H groups in total. The number of sulfonamides is 1. The van der Waals surface area contributed by atoms with Crippen molar-refractivity contribution in [1.82, 2.24) is 10.2 Å². The van der Waals surface area contributed by atoms with Gasteiger partial charge in [-0.25, -0.2) is 8.42 Å². The molecule has 2 aromatic carbocycles. The molecule has 0 aromatic heterocycles. The zero-order chi connectivity index (χ0) is 28.4. The molecule has 1 fully saturated rings. The van der Waals surface area contributed by atoms with Gasteiger partial charge in [0.15, 0.2) is 0 Å². The van der Waals surface area contributed by atoms with Gasteiger partial charge in [0.2, 0.25) is 21.8 Å². The fourth-order valence-electron chi connectivity index (χ4n) is 4.83. The van der Waals surface area contributed by atoms with Crippen LogP contribution in [-0.4, -0.2) is 63.7 Å². The van der Waals surface area contributed by atoms with Crippen molar-refractivity contribution in [2.45, 2.75) is 71.0 Å². The van der Waals surface area contributed by atoms with Crippen molar-refractivity contribution < 1.29 is 27.5 Å². The minimum atomic E-state index is -3.62. The van der Waals surface area contributed by atoms with Crippen molar-refractivity contribution in [2.24, 2.45) is 0 Å². The predicted molar refractivity (Wildman–Crippen MR) is 152 cm³/mol. The summed E-state index contributed by atoms with van der Waals surface area (Å²) in [6.07, 6.45) is 5.60. The molecule has 0 saturated heterocycles. The van der Waals surface area contributed by atoms with Crippen molar-refractivity contribution in [3.8, 4) is 11.5 Å². The first kappa shape index (κ1) is 30.3. The zero-order valence-corrected chi connectivity index (χ0v) is 24.2. The fourth-order valence-corrected chi connectivity index (χ4v) is 5.79. The highest BCUT2D eigenvalue weighted by Crippen LogP contribution is 2.30. The van der Waals surface area contributed by atoms with Gasteiger partial charge in [0.05, 0.1) is 25.7 Å². The summed E-state index contributed by atoms with van der Waals surface area (Å²) in [6, 6.07) is 13.8. The number of anilines is 1. The Balaban J connectivity index is 1.74. The van der Waals surface area contributed by atoms with Gasteiger partial charge >= 0.3 is 0 Å². The molecule has 2 aromatic rings. The Kier molecular flexibility index (Phi) is 11.0. The van der Waals surface area contributed by atoms with Crippen LogP contribution >= 0.6 is 0 Å². The molecule has 0 spiro atoms. The molecule has 0 aliphatic heterocycles. The van der Waals surface area contributed by atoms with Crippen LogP contribution in [0.3, 0.4) is 0 Å². The lowest BCUT2D eigenvalue weighted by atomic mass is 10.1. The van der Waals surface area contributed by atoms with Crippen LogP contribution in [-0.2, 0) is 26.2 Å². The molecule has 0 heterocycles. The average molecular weight is 560 g/mol. The van der Waals surface area contributed by atoms with Crippen molar-refractivity contribution >= 4 is 27.5 Å². The largest absolute Gasteiger partial charge is 0.497 e. The van der Waals surface area contributed by atoms with E-state index in [9.17, 15) is 18.0 Å². The number of benzene rings is 2. The summed E-state index contributed by atoms with van der Waals surface area (Å²) in [7, 11) is -2.03. The van der Waals surface area contributed by atoms with Crippen LogP contribution in [0.1, 0.15) is 57.9 Å². The van der Waals surface area contributed by atoms with Crippen LogP contribution < -0.4 is 19.1 Å². The number of hydrogen-bond donors (Lipinski definition) is 1. The van der Waals surface area contributed by atoms with Gasteiger partial charge in [-0.2, -0.15) is 0 Å². The number of carbonyl (C=O) groups excluding carboxylic acids is 2. The molecule has 1 aliphatic carbocycles. The number of methoxy groups -OCH3 is 1. The van der Waals surface area contributed by atoms with E-state index in [-0.39, 0.29) is 43.8 Å². The van der Waals surface area contributed by atoms with E-state index in [1.807, 2.05) is 31.2 Å². The number of nitrogens with zero attached hydrogens (tertiary/aromatic N) is 2. The highest BCUT2D eigenvalue weighted by molar-refractivity contribution is 7.92. The van der Waals surface area contributed by atoms with E-state index in [1.165, 1.54) is 4.31 Å². The number of rotatable bonds is 14. The van der Waals surface area contributed by atoms with E-state index in [2.05, 4.69) is 5.32 Å². The SMILES string of the molecule is CCOc1ccccc1N(CCCC(=O)N(Cc1ccc(OC)cc1)[C@H](C)C(=O)NC1CCCC1)S(C)(=O)=O. The molecule has 214 valence electrons. The summed E-state index contributed by atoms with van der Waals surface area (Å²) in [5, 5.41) is 3.10. The van der Waals surface area contributed by atoms with Gasteiger partial charge in [0.25, 0.3) is 0 Å². The minimum Gasteiger partial charge on any atom is -0.497 e. The van der Waals surface area contributed by atoms with Crippen LogP contribution in [0.2, 0.25) is 0 Å². The Bertz CT molecular complexity index is 1200. The number of ether oxygens (including phenoxy) is 2. The number of carbonyl (C=O) groups is 2. The van der Waals surface area contributed by atoms with Gasteiger partial charge in [-0.05, 0) is 62.9 Å². The summed E-state index contributed by atoms with van der Waals surface area (Å²) in [5.74, 6) is 0.783. The van der Waals surface area contributed by atoms with Crippen LogP contribution in [0.5, 0.6) is 11.5 Å². The summed E-state index contributed by atoms with van der Waals surface area (Å²) < 4.78 is 37.5. The summed E-state index contributed by atoms with van der Waals surface area (Å²) in [4.78, 5) is 28.2. The van der Waals surface area contributed by atoms with Gasteiger partial charge in [0, 0.05) is 25.6 Å². The average Bonchev–Trinajstić information content (AvgIpc) is 3.42. The highest BCUT2D eigenvalue weighted by atomic mass is 32.2. The second-order valence-corrected chi connectivity index (χ2v) is 11.8.